The van der Waals surface area contributed by atoms with E-state index in [1.54, 1.807) is 18.2 Å². The largest absolute Gasteiger partial charge is 0.504 e. The lowest BCUT2D eigenvalue weighted by atomic mass is 9.98. The van der Waals surface area contributed by atoms with E-state index < -0.39 is 0 Å². The van der Waals surface area contributed by atoms with Gasteiger partial charge in [0.2, 0.25) is 0 Å². The summed E-state index contributed by atoms with van der Waals surface area (Å²) < 4.78 is 10.3. The van der Waals surface area contributed by atoms with Crippen LogP contribution in [0.4, 0.5) is 0 Å². The Morgan fingerprint density at radius 1 is 1.35 bits per heavy atom. The maximum absolute atomic E-state index is 11.2. The molecular formula is C15H21NO4. The van der Waals surface area contributed by atoms with Crippen molar-refractivity contribution >= 4 is 5.97 Å². The molecule has 0 bridgehead atoms. The Labute approximate surface area is 119 Å². The Morgan fingerprint density at radius 3 is 2.70 bits per heavy atom. The van der Waals surface area contributed by atoms with Crippen LogP contribution in [0.3, 0.4) is 0 Å². The number of rotatable bonds is 5. The van der Waals surface area contributed by atoms with E-state index >= 15 is 0 Å². The van der Waals surface area contributed by atoms with E-state index in [0.717, 1.165) is 25.9 Å². The highest BCUT2D eigenvalue weighted by Crippen LogP contribution is 2.26. The van der Waals surface area contributed by atoms with E-state index in [0.29, 0.717) is 24.8 Å². The van der Waals surface area contributed by atoms with E-state index in [1.807, 2.05) is 6.07 Å². The summed E-state index contributed by atoms with van der Waals surface area (Å²) in [6.07, 6.45) is 1.98. The molecule has 1 N–H and O–H groups in total. The maximum Gasteiger partial charge on any atom is 0.319 e. The van der Waals surface area contributed by atoms with Crippen LogP contribution in [0.1, 0.15) is 12.8 Å². The van der Waals surface area contributed by atoms with Gasteiger partial charge < -0.3 is 14.6 Å². The van der Waals surface area contributed by atoms with E-state index in [-0.39, 0.29) is 11.7 Å². The number of nitrogens with zero attached hydrogens (tertiary/aromatic N) is 1. The molecule has 1 aliphatic heterocycles. The number of methoxy groups -OCH3 is 1. The van der Waals surface area contributed by atoms with Crippen molar-refractivity contribution in [3.8, 4) is 11.5 Å². The topological polar surface area (TPSA) is 59.0 Å². The molecule has 1 fully saturated rings. The molecule has 2 rings (SSSR count). The number of phenolic OH excluding ortho intramolecular Hbond substituents is 1. The number of piperidine rings is 1. The first-order valence-corrected chi connectivity index (χ1v) is 6.89. The molecule has 0 saturated carbocycles. The molecule has 20 heavy (non-hydrogen) atoms. The molecule has 0 amide bonds. The van der Waals surface area contributed by atoms with Crippen LogP contribution in [-0.4, -0.2) is 49.3 Å². The quantitative estimate of drug-likeness (QED) is 0.831. The first-order chi connectivity index (χ1) is 9.69. The van der Waals surface area contributed by atoms with Crippen LogP contribution >= 0.6 is 0 Å². The molecule has 5 nitrogen and oxygen atoms in total. The number of phenols is 1. The second kappa shape index (κ2) is 7.14. The van der Waals surface area contributed by atoms with Gasteiger partial charge >= 0.3 is 5.97 Å². The minimum Gasteiger partial charge on any atom is -0.504 e. The fourth-order valence-electron chi connectivity index (χ4n) is 2.35. The molecule has 0 radical (unpaired) electrons. The summed E-state index contributed by atoms with van der Waals surface area (Å²) in [7, 11) is 1.41. The third-order valence-electron chi connectivity index (χ3n) is 3.63. The van der Waals surface area contributed by atoms with E-state index in [4.69, 9.17) is 4.74 Å². The second-order valence-corrected chi connectivity index (χ2v) is 5.07. The lowest BCUT2D eigenvalue weighted by Crippen LogP contribution is -2.39. The summed E-state index contributed by atoms with van der Waals surface area (Å²) in [4.78, 5) is 13.3. The molecule has 110 valence electrons. The molecule has 1 aromatic rings. The van der Waals surface area contributed by atoms with Crippen molar-refractivity contribution in [2.24, 2.45) is 5.92 Å². The molecule has 0 unspecified atom stereocenters. The second-order valence-electron chi connectivity index (χ2n) is 5.07. The number of ether oxygens (including phenoxy) is 2. The highest BCUT2D eigenvalue weighted by Gasteiger charge is 2.21. The van der Waals surface area contributed by atoms with Gasteiger partial charge in [-0.15, -0.1) is 0 Å². The Hall–Kier alpha value is -1.75. The van der Waals surface area contributed by atoms with Gasteiger partial charge in [0.05, 0.1) is 20.3 Å². The highest BCUT2D eigenvalue weighted by molar-refractivity contribution is 5.71. The van der Waals surface area contributed by atoms with Gasteiger partial charge in [-0.1, -0.05) is 12.1 Å². The average molecular weight is 279 g/mol. The number of benzene rings is 1. The summed E-state index contributed by atoms with van der Waals surface area (Å²) in [5.74, 6) is 0.984. The molecule has 1 saturated heterocycles. The van der Waals surface area contributed by atoms with E-state index in [1.165, 1.54) is 7.11 Å². The van der Waals surface area contributed by atoms with Crippen molar-refractivity contribution in [2.75, 3.05) is 33.4 Å². The fourth-order valence-corrected chi connectivity index (χ4v) is 2.35. The average Bonchev–Trinajstić information content (AvgIpc) is 2.48. The van der Waals surface area contributed by atoms with Gasteiger partial charge in [0.1, 0.15) is 0 Å². The number of carbonyl (C=O) groups excluding carboxylic acids is 1. The number of aromatic hydroxyl groups is 1. The van der Waals surface area contributed by atoms with Crippen LogP contribution in [0, 0.1) is 5.92 Å². The summed E-state index contributed by atoms with van der Waals surface area (Å²) in [5, 5.41) is 9.62. The van der Waals surface area contributed by atoms with Gasteiger partial charge in [-0.2, -0.15) is 0 Å². The van der Waals surface area contributed by atoms with Crippen LogP contribution in [0.5, 0.6) is 11.5 Å². The monoisotopic (exact) mass is 279 g/mol. The molecule has 0 spiro atoms. The zero-order valence-electron chi connectivity index (χ0n) is 11.7. The van der Waals surface area contributed by atoms with Crippen molar-refractivity contribution in [2.45, 2.75) is 12.8 Å². The summed E-state index contributed by atoms with van der Waals surface area (Å²) >= 11 is 0. The summed E-state index contributed by atoms with van der Waals surface area (Å²) in [6, 6.07) is 7.00. The zero-order chi connectivity index (χ0) is 14.4. The van der Waals surface area contributed by atoms with Gasteiger partial charge in [-0.05, 0) is 44.0 Å². The fraction of sp³-hybridized carbons (Fsp3) is 0.533. The molecule has 1 heterocycles. The third kappa shape index (κ3) is 4.13. The van der Waals surface area contributed by atoms with Crippen LogP contribution in [0.25, 0.3) is 0 Å². The van der Waals surface area contributed by atoms with E-state index in [2.05, 4.69) is 9.64 Å². The number of carbonyl (C=O) groups is 1. The molecule has 1 aliphatic rings. The van der Waals surface area contributed by atoms with Gasteiger partial charge in [0.25, 0.3) is 0 Å². The Bertz CT molecular complexity index is 441. The SMILES string of the molecule is COC(=O)CN1CCC(COc2ccccc2O)CC1. The predicted molar refractivity (Wildman–Crippen MR) is 74.8 cm³/mol. The van der Waals surface area contributed by atoms with Gasteiger partial charge in [0, 0.05) is 0 Å². The minimum absolute atomic E-state index is 0.177. The molecule has 0 aromatic heterocycles. The third-order valence-corrected chi connectivity index (χ3v) is 3.63. The Balaban J connectivity index is 1.72. The van der Waals surface area contributed by atoms with Crippen LogP contribution in [-0.2, 0) is 9.53 Å². The zero-order valence-corrected chi connectivity index (χ0v) is 11.7. The normalized spacial score (nSPS) is 16.9. The van der Waals surface area contributed by atoms with E-state index in [9.17, 15) is 9.90 Å². The predicted octanol–water partition coefficient (Wildman–Crippen LogP) is 1.66. The minimum atomic E-state index is -0.186. The molecular weight excluding hydrogens is 258 g/mol. The number of hydrogen-bond acceptors (Lipinski definition) is 5. The first-order valence-electron chi connectivity index (χ1n) is 6.89. The highest BCUT2D eigenvalue weighted by atomic mass is 16.5. The molecule has 5 heteroatoms. The standard InChI is InChI=1S/C15H21NO4/c1-19-15(18)10-16-8-6-12(7-9-16)11-20-14-5-3-2-4-13(14)17/h2-5,12,17H,6-11H2,1H3. The first kappa shape index (κ1) is 14.7. The van der Waals surface area contributed by atoms with Crippen LogP contribution in [0.2, 0.25) is 0 Å². The van der Waals surface area contributed by atoms with Gasteiger partial charge in [-0.3, -0.25) is 9.69 Å². The summed E-state index contributed by atoms with van der Waals surface area (Å²) in [6.45, 7) is 2.72. The van der Waals surface area contributed by atoms with Crippen LogP contribution in [0.15, 0.2) is 24.3 Å². The lowest BCUT2D eigenvalue weighted by molar-refractivity contribution is -0.142. The van der Waals surface area contributed by atoms with Crippen molar-refractivity contribution in [3.05, 3.63) is 24.3 Å². The number of likely N-dealkylation sites (tertiary alicyclic amines) is 1. The molecule has 1 aromatic carbocycles. The van der Waals surface area contributed by atoms with Crippen LogP contribution < -0.4 is 4.74 Å². The number of esters is 1. The van der Waals surface area contributed by atoms with Gasteiger partial charge in [-0.25, -0.2) is 0 Å². The lowest BCUT2D eigenvalue weighted by Gasteiger charge is -2.30. The van der Waals surface area contributed by atoms with Crippen molar-refractivity contribution in [1.82, 2.24) is 4.90 Å². The van der Waals surface area contributed by atoms with Crippen molar-refractivity contribution < 1.29 is 19.4 Å². The number of para-hydroxylation sites is 2. The Kier molecular flexibility index (Phi) is 5.24. The van der Waals surface area contributed by atoms with Gasteiger partial charge in [0.15, 0.2) is 11.5 Å². The number of hydrogen-bond donors (Lipinski definition) is 1. The maximum atomic E-state index is 11.2. The van der Waals surface area contributed by atoms with Crippen molar-refractivity contribution in [3.63, 3.8) is 0 Å². The molecule has 0 atom stereocenters. The van der Waals surface area contributed by atoms with Crippen molar-refractivity contribution in [1.29, 1.82) is 0 Å². The smallest absolute Gasteiger partial charge is 0.319 e. The summed E-state index contributed by atoms with van der Waals surface area (Å²) in [5.41, 5.74) is 0. The molecule has 0 aliphatic carbocycles. The Morgan fingerprint density at radius 2 is 2.05 bits per heavy atom.